The molecule has 17 heavy (non-hydrogen) atoms. The van der Waals surface area contributed by atoms with Crippen LogP contribution in [0.15, 0.2) is 30.7 Å². The van der Waals surface area contributed by atoms with E-state index in [0.29, 0.717) is 10.5 Å². The molecule has 0 aromatic heterocycles. The van der Waals surface area contributed by atoms with Crippen molar-refractivity contribution < 1.29 is 4.79 Å². The second kappa shape index (κ2) is 4.22. The average Bonchev–Trinajstić information content (AvgIpc) is 2.70. The Bertz CT molecular complexity index is 592. The van der Waals surface area contributed by atoms with Gasteiger partial charge in [0.2, 0.25) is 0 Å². The minimum atomic E-state index is 0.543. The molecule has 1 nitrogen and oxygen atoms in total. The highest BCUT2D eigenvalue weighted by atomic mass is 32.1. The molecule has 0 atom stereocenters. The summed E-state index contributed by atoms with van der Waals surface area (Å²) in [6.45, 7) is 11.5. The van der Waals surface area contributed by atoms with Crippen LogP contribution in [-0.2, 0) is 0 Å². The van der Waals surface area contributed by atoms with Gasteiger partial charge in [0.05, 0.1) is 0 Å². The first-order valence-corrected chi connectivity index (χ1v) is 5.60. The third kappa shape index (κ3) is 1.53. The monoisotopic (exact) mass is 240 g/mol. The van der Waals surface area contributed by atoms with E-state index in [9.17, 15) is 4.79 Å². The Balaban J connectivity index is 2.99. The molecule has 0 N–H and O–H groups in total. The predicted octanol–water partition coefficient (Wildman–Crippen LogP) is 4.11. The van der Waals surface area contributed by atoms with Crippen LogP contribution in [0.5, 0.6) is 0 Å². The second-order valence-corrected chi connectivity index (χ2v) is 4.21. The minimum Gasteiger partial charge on any atom is -0.298 e. The fraction of sp³-hybridized carbons (Fsp3) is 0. The summed E-state index contributed by atoms with van der Waals surface area (Å²) in [5.41, 5.74) is 5.05. The van der Waals surface area contributed by atoms with Crippen LogP contribution in [0.2, 0.25) is 0 Å². The first-order valence-electron chi connectivity index (χ1n) is 5.16. The number of carbonyl (C=O) groups excluding carboxylic acids is 1. The molecular formula is C15H12OS. The molecule has 0 unspecified atom stereocenters. The van der Waals surface area contributed by atoms with Crippen LogP contribution >= 0.6 is 12.6 Å². The summed E-state index contributed by atoms with van der Waals surface area (Å²) >= 11 is 4.41. The van der Waals surface area contributed by atoms with Crippen molar-refractivity contribution in [1.82, 2.24) is 0 Å². The van der Waals surface area contributed by atoms with Gasteiger partial charge >= 0.3 is 0 Å². The molecule has 2 rings (SSSR count). The van der Waals surface area contributed by atoms with E-state index in [1.54, 1.807) is 12.2 Å². The number of carbonyl (C=O) groups is 1. The normalized spacial score (nSPS) is 12.4. The Morgan fingerprint density at radius 3 is 2.24 bits per heavy atom. The van der Waals surface area contributed by atoms with E-state index < -0.39 is 0 Å². The minimum absolute atomic E-state index is 0.543. The average molecular weight is 240 g/mol. The van der Waals surface area contributed by atoms with Crippen LogP contribution in [0.1, 0.15) is 32.6 Å². The summed E-state index contributed by atoms with van der Waals surface area (Å²) in [6, 6.07) is 0. The van der Waals surface area contributed by atoms with Crippen LogP contribution in [0.25, 0.3) is 23.8 Å². The first kappa shape index (κ1) is 11.7. The van der Waals surface area contributed by atoms with E-state index in [0.717, 1.165) is 34.1 Å². The van der Waals surface area contributed by atoms with Gasteiger partial charge in [0, 0.05) is 10.5 Å². The van der Waals surface area contributed by atoms with Crippen LogP contribution in [0.4, 0.5) is 0 Å². The molecule has 84 valence electrons. The van der Waals surface area contributed by atoms with Crippen molar-refractivity contribution in [1.29, 1.82) is 0 Å². The fourth-order valence-electron chi connectivity index (χ4n) is 2.14. The van der Waals surface area contributed by atoms with E-state index in [-0.39, 0.29) is 0 Å². The lowest BCUT2D eigenvalue weighted by atomic mass is 9.91. The summed E-state index contributed by atoms with van der Waals surface area (Å²) < 4.78 is 0. The van der Waals surface area contributed by atoms with E-state index in [1.807, 2.05) is 12.2 Å². The van der Waals surface area contributed by atoms with Crippen molar-refractivity contribution in [2.45, 2.75) is 4.90 Å². The molecule has 0 heterocycles. The Kier molecular flexibility index (Phi) is 2.90. The number of thiol groups is 1. The molecule has 0 amide bonds. The number of benzene rings is 1. The standard InChI is InChI=1S/C15H12OS/c1-4-10-13(8-16)15(17)11(5-2)12-7-6-9(3)14(10)12/h4-8,17H,1-3H2. The van der Waals surface area contributed by atoms with Crippen molar-refractivity contribution in [3.63, 3.8) is 0 Å². The molecule has 2 heteroatoms. The maximum atomic E-state index is 11.2. The van der Waals surface area contributed by atoms with Gasteiger partial charge in [-0.25, -0.2) is 0 Å². The summed E-state index contributed by atoms with van der Waals surface area (Å²) in [4.78, 5) is 11.8. The number of hydrogen-bond donors (Lipinski definition) is 1. The van der Waals surface area contributed by atoms with Gasteiger partial charge in [-0.3, -0.25) is 4.79 Å². The highest BCUT2D eigenvalue weighted by Gasteiger charge is 2.21. The fourth-order valence-corrected chi connectivity index (χ4v) is 2.52. The van der Waals surface area contributed by atoms with Crippen LogP contribution < -0.4 is 0 Å². The number of aldehydes is 1. The molecule has 0 spiro atoms. The number of allylic oxidation sites excluding steroid dienone is 2. The Morgan fingerprint density at radius 2 is 1.71 bits per heavy atom. The summed E-state index contributed by atoms with van der Waals surface area (Å²) in [5, 5.41) is 0. The van der Waals surface area contributed by atoms with Crippen molar-refractivity contribution in [2.75, 3.05) is 0 Å². The van der Waals surface area contributed by atoms with E-state index in [1.165, 1.54) is 0 Å². The molecular weight excluding hydrogens is 228 g/mol. The van der Waals surface area contributed by atoms with Crippen LogP contribution in [0.3, 0.4) is 0 Å². The Morgan fingerprint density at radius 1 is 1.06 bits per heavy atom. The Labute approximate surface area is 106 Å². The number of hydrogen-bond acceptors (Lipinski definition) is 2. The lowest BCUT2D eigenvalue weighted by Gasteiger charge is -2.15. The second-order valence-electron chi connectivity index (χ2n) is 3.76. The smallest absolute Gasteiger partial charge is 0.151 e. The van der Waals surface area contributed by atoms with Crippen LogP contribution in [0, 0.1) is 0 Å². The predicted molar refractivity (Wildman–Crippen MR) is 77.3 cm³/mol. The van der Waals surface area contributed by atoms with Gasteiger partial charge in [-0.2, -0.15) is 0 Å². The highest BCUT2D eigenvalue weighted by Crippen LogP contribution is 2.39. The van der Waals surface area contributed by atoms with Crippen molar-refractivity contribution in [2.24, 2.45) is 0 Å². The van der Waals surface area contributed by atoms with Gasteiger partial charge in [-0.1, -0.05) is 44.0 Å². The zero-order valence-corrected chi connectivity index (χ0v) is 10.3. The lowest BCUT2D eigenvalue weighted by Crippen LogP contribution is -1.99. The molecule has 0 saturated carbocycles. The SMILES string of the molecule is C=Cc1c(S)c(C=O)c(C=C)c2c1C=CC2=C. The molecule has 0 bridgehead atoms. The summed E-state index contributed by atoms with van der Waals surface area (Å²) in [7, 11) is 0. The van der Waals surface area contributed by atoms with E-state index in [2.05, 4.69) is 32.4 Å². The maximum Gasteiger partial charge on any atom is 0.151 e. The molecule has 0 saturated heterocycles. The molecule has 0 radical (unpaired) electrons. The molecule has 0 fully saturated rings. The van der Waals surface area contributed by atoms with Gasteiger partial charge in [-0.05, 0) is 27.8 Å². The molecule has 1 aliphatic rings. The van der Waals surface area contributed by atoms with Crippen molar-refractivity contribution >= 4 is 42.7 Å². The van der Waals surface area contributed by atoms with Crippen molar-refractivity contribution in [3.8, 4) is 0 Å². The first-order chi connectivity index (χ1) is 8.15. The van der Waals surface area contributed by atoms with Gasteiger partial charge in [0.25, 0.3) is 0 Å². The van der Waals surface area contributed by atoms with E-state index in [4.69, 9.17) is 0 Å². The summed E-state index contributed by atoms with van der Waals surface area (Å²) in [6.07, 6.45) is 8.08. The van der Waals surface area contributed by atoms with E-state index >= 15 is 0 Å². The Hall–Kier alpha value is -1.80. The number of fused-ring (bicyclic) bond motifs is 1. The molecule has 0 aliphatic heterocycles. The number of rotatable bonds is 3. The lowest BCUT2D eigenvalue weighted by molar-refractivity contribution is 0.112. The molecule has 1 aliphatic carbocycles. The third-order valence-electron chi connectivity index (χ3n) is 2.93. The van der Waals surface area contributed by atoms with Crippen molar-refractivity contribution in [3.05, 3.63) is 53.6 Å². The molecule has 1 aromatic carbocycles. The van der Waals surface area contributed by atoms with Gasteiger partial charge in [-0.15, -0.1) is 12.6 Å². The van der Waals surface area contributed by atoms with Gasteiger partial charge < -0.3 is 0 Å². The van der Waals surface area contributed by atoms with Gasteiger partial charge in [0.1, 0.15) is 0 Å². The summed E-state index contributed by atoms with van der Waals surface area (Å²) in [5.74, 6) is 0. The van der Waals surface area contributed by atoms with Crippen LogP contribution in [-0.4, -0.2) is 6.29 Å². The zero-order chi connectivity index (χ0) is 12.6. The maximum absolute atomic E-state index is 11.2. The highest BCUT2D eigenvalue weighted by molar-refractivity contribution is 7.80. The zero-order valence-electron chi connectivity index (χ0n) is 9.36. The quantitative estimate of drug-likeness (QED) is 0.621. The molecule has 1 aromatic rings. The largest absolute Gasteiger partial charge is 0.298 e. The third-order valence-corrected chi connectivity index (χ3v) is 3.41. The van der Waals surface area contributed by atoms with Gasteiger partial charge in [0.15, 0.2) is 6.29 Å². The topological polar surface area (TPSA) is 17.1 Å².